The van der Waals surface area contributed by atoms with Gasteiger partial charge in [0.2, 0.25) is 5.89 Å². The standard InChI is InChI=1S/C15H14N4O3/c1-2-19-7-12(6-17-19)15-18-14(9-22-15)11-3-4-13(16-5-11)8-21-10-20/h3-7,9-10H,2,8H2,1H3. The lowest BCUT2D eigenvalue weighted by Crippen LogP contribution is -1.93. The summed E-state index contributed by atoms with van der Waals surface area (Å²) in [5, 5.41) is 4.20. The Kier molecular flexibility index (Phi) is 3.95. The Labute approximate surface area is 126 Å². The molecule has 0 saturated heterocycles. The van der Waals surface area contributed by atoms with Gasteiger partial charge in [0.05, 0.1) is 17.5 Å². The molecule has 3 aromatic heterocycles. The highest BCUT2D eigenvalue weighted by molar-refractivity contribution is 5.61. The van der Waals surface area contributed by atoms with Gasteiger partial charge in [0.1, 0.15) is 18.6 Å². The zero-order valence-corrected chi connectivity index (χ0v) is 12.0. The van der Waals surface area contributed by atoms with Crippen molar-refractivity contribution in [3.8, 4) is 22.7 Å². The summed E-state index contributed by atoms with van der Waals surface area (Å²) in [6.07, 6.45) is 6.85. The lowest BCUT2D eigenvalue weighted by molar-refractivity contribution is -0.129. The minimum Gasteiger partial charge on any atom is -0.461 e. The molecule has 3 heterocycles. The second-order valence-corrected chi connectivity index (χ2v) is 4.57. The molecule has 0 amide bonds. The van der Waals surface area contributed by atoms with E-state index in [-0.39, 0.29) is 6.61 Å². The molecule has 7 heteroatoms. The topological polar surface area (TPSA) is 83.0 Å². The Bertz CT molecular complexity index is 761. The van der Waals surface area contributed by atoms with E-state index in [0.29, 0.717) is 23.8 Å². The average molecular weight is 298 g/mol. The van der Waals surface area contributed by atoms with Gasteiger partial charge in [-0.3, -0.25) is 14.5 Å². The molecule has 0 fully saturated rings. The highest BCUT2D eigenvalue weighted by Crippen LogP contribution is 2.24. The largest absolute Gasteiger partial charge is 0.461 e. The predicted octanol–water partition coefficient (Wildman–Crippen LogP) is 2.29. The highest BCUT2D eigenvalue weighted by Gasteiger charge is 2.10. The van der Waals surface area contributed by atoms with Crippen molar-refractivity contribution in [2.24, 2.45) is 0 Å². The van der Waals surface area contributed by atoms with Crippen LogP contribution >= 0.6 is 0 Å². The fraction of sp³-hybridized carbons (Fsp3) is 0.200. The molecule has 0 saturated carbocycles. The van der Waals surface area contributed by atoms with Crippen LogP contribution in [0.1, 0.15) is 12.6 Å². The number of hydrogen-bond acceptors (Lipinski definition) is 6. The van der Waals surface area contributed by atoms with Gasteiger partial charge >= 0.3 is 0 Å². The fourth-order valence-corrected chi connectivity index (χ4v) is 1.97. The second kappa shape index (κ2) is 6.21. The molecule has 0 aliphatic carbocycles. The molecular weight excluding hydrogens is 284 g/mol. The smallest absolute Gasteiger partial charge is 0.293 e. The summed E-state index contributed by atoms with van der Waals surface area (Å²) in [5.41, 5.74) is 3.02. The van der Waals surface area contributed by atoms with E-state index in [2.05, 4.69) is 19.8 Å². The van der Waals surface area contributed by atoms with Crippen LogP contribution < -0.4 is 0 Å². The average Bonchev–Trinajstić information content (AvgIpc) is 3.22. The number of aromatic nitrogens is 4. The number of carbonyl (C=O) groups is 1. The molecule has 3 aromatic rings. The summed E-state index contributed by atoms with van der Waals surface area (Å²) >= 11 is 0. The van der Waals surface area contributed by atoms with E-state index in [1.807, 2.05) is 23.9 Å². The summed E-state index contributed by atoms with van der Waals surface area (Å²) in [6, 6.07) is 3.63. The van der Waals surface area contributed by atoms with Crippen LogP contribution in [0.4, 0.5) is 0 Å². The van der Waals surface area contributed by atoms with Crippen LogP contribution in [0.25, 0.3) is 22.7 Å². The lowest BCUT2D eigenvalue weighted by Gasteiger charge is -1.99. The number of carbonyl (C=O) groups excluding carboxylic acids is 1. The Morgan fingerprint density at radius 2 is 2.23 bits per heavy atom. The van der Waals surface area contributed by atoms with Gasteiger partial charge in [0.15, 0.2) is 0 Å². The van der Waals surface area contributed by atoms with Gasteiger partial charge in [-0.15, -0.1) is 0 Å². The summed E-state index contributed by atoms with van der Waals surface area (Å²) in [6.45, 7) is 3.36. The molecular formula is C15H14N4O3. The number of oxazole rings is 1. The molecule has 22 heavy (non-hydrogen) atoms. The van der Waals surface area contributed by atoms with Gasteiger partial charge in [-0.1, -0.05) is 0 Å². The Morgan fingerprint density at radius 3 is 2.91 bits per heavy atom. The number of pyridine rings is 1. The van der Waals surface area contributed by atoms with Crippen LogP contribution in [0.3, 0.4) is 0 Å². The monoisotopic (exact) mass is 298 g/mol. The normalized spacial score (nSPS) is 10.6. The number of hydrogen-bond donors (Lipinski definition) is 0. The molecule has 112 valence electrons. The van der Waals surface area contributed by atoms with Gasteiger partial charge < -0.3 is 9.15 Å². The Hall–Kier alpha value is -2.96. The maximum atomic E-state index is 10.1. The number of rotatable bonds is 6. The quantitative estimate of drug-likeness (QED) is 0.649. The molecule has 0 unspecified atom stereocenters. The molecule has 0 radical (unpaired) electrons. The summed E-state index contributed by atoms with van der Waals surface area (Å²) < 4.78 is 12.0. The van der Waals surface area contributed by atoms with Crippen LogP contribution in [0.5, 0.6) is 0 Å². The first-order valence-electron chi connectivity index (χ1n) is 6.79. The number of ether oxygens (including phenoxy) is 1. The minimum atomic E-state index is 0.157. The van der Waals surface area contributed by atoms with Crippen LogP contribution in [-0.4, -0.2) is 26.2 Å². The van der Waals surface area contributed by atoms with Crippen molar-refractivity contribution in [1.29, 1.82) is 0 Å². The first kappa shape index (κ1) is 14.0. The SMILES string of the molecule is CCn1cc(-c2nc(-c3ccc(COC=O)nc3)co2)cn1. The first-order valence-corrected chi connectivity index (χ1v) is 6.79. The van der Waals surface area contributed by atoms with E-state index in [0.717, 1.165) is 17.7 Å². The maximum Gasteiger partial charge on any atom is 0.293 e. The van der Waals surface area contributed by atoms with Crippen molar-refractivity contribution in [3.05, 3.63) is 42.7 Å². The molecule has 0 aliphatic heterocycles. The van der Waals surface area contributed by atoms with Crippen molar-refractivity contribution in [1.82, 2.24) is 19.7 Å². The van der Waals surface area contributed by atoms with Crippen molar-refractivity contribution in [3.63, 3.8) is 0 Å². The fourth-order valence-electron chi connectivity index (χ4n) is 1.97. The van der Waals surface area contributed by atoms with Crippen LogP contribution in [0.15, 0.2) is 41.4 Å². The van der Waals surface area contributed by atoms with Gasteiger partial charge in [-0.25, -0.2) is 4.98 Å². The second-order valence-electron chi connectivity index (χ2n) is 4.57. The number of nitrogens with zero attached hydrogens (tertiary/aromatic N) is 4. The van der Waals surface area contributed by atoms with E-state index in [9.17, 15) is 4.79 Å². The van der Waals surface area contributed by atoms with E-state index in [4.69, 9.17) is 4.42 Å². The number of aryl methyl sites for hydroxylation is 1. The third-order valence-corrected chi connectivity index (χ3v) is 3.13. The van der Waals surface area contributed by atoms with Crippen LogP contribution in [0, 0.1) is 0 Å². The first-order chi connectivity index (χ1) is 10.8. The van der Waals surface area contributed by atoms with Crippen LogP contribution in [0.2, 0.25) is 0 Å². The van der Waals surface area contributed by atoms with Crippen molar-refractivity contribution in [2.45, 2.75) is 20.1 Å². The van der Waals surface area contributed by atoms with E-state index >= 15 is 0 Å². The minimum absolute atomic E-state index is 0.157. The van der Waals surface area contributed by atoms with Crippen LogP contribution in [-0.2, 0) is 22.7 Å². The maximum absolute atomic E-state index is 10.1. The summed E-state index contributed by atoms with van der Waals surface area (Å²) in [5.74, 6) is 0.517. The summed E-state index contributed by atoms with van der Waals surface area (Å²) in [4.78, 5) is 18.8. The van der Waals surface area contributed by atoms with Gasteiger partial charge in [0.25, 0.3) is 6.47 Å². The van der Waals surface area contributed by atoms with E-state index < -0.39 is 0 Å². The molecule has 7 nitrogen and oxygen atoms in total. The predicted molar refractivity (Wildman–Crippen MR) is 77.5 cm³/mol. The molecule has 0 N–H and O–H groups in total. The molecule has 0 aliphatic rings. The van der Waals surface area contributed by atoms with Crippen molar-refractivity contribution >= 4 is 6.47 Å². The van der Waals surface area contributed by atoms with Crippen molar-refractivity contribution < 1.29 is 13.9 Å². The molecule has 0 bridgehead atoms. The zero-order valence-electron chi connectivity index (χ0n) is 12.0. The van der Waals surface area contributed by atoms with Gasteiger partial charge in [-0.2, -0.15) is 5.10 Å². The van der Waals surface area contributed by atoms with E-state index in [1.54, 1.807) is 24.7 Å². The van der Waals surface area contributed by atoms with Gasteiger partial charge in [0, 0.05) is 24.5 Å². The Morgan fingerprint density at radius 1 is 1.32 bits per heavy atom. The molecule has 0 spiro atoms. The molecule has 0 atom stereocenters. The van der Waals surface area contributed by atoms with E-state index in [1.165, 1.54) is 0 Å². The van der Waals surface area contributed by atoms with Crippen molar-refractivity contribution in [2.75, 3.05) is 0 Å². The summed E-state index contributed by atoms with van der Waals surface area (Å²) in [7, 11) is 0. The Balaban J connectivity index is 1.79. The zero-order chi connectivity index (χ0) is 15.4. The molecule has 3 rings (SSSR count). The third kappa shape index (κ3) is 2.88. The van der Waals surface area contributed by atoms with Gasteiger partial charge in [-0.05, 0) is 19.1 Å². The highest BCUT2D eigenvalue weighted by atomic mass is 16.5. The lowest BCUT2D eigenvalue weighted by atomic mass is 10.2. The third-order valence-electron chi connectivity index (χ3n) is 3.13. The molecule has 0 aromatic carbocycles.